The zero-order valence-electron chi connectivity index (χ0n) is 12.1. The van der Waals surface area contributed by atoms with Gasteiger partial charge >= 0.3 is 64.8 Å². The summed E-state index contributed by atoms with van der Waals surface area (Å²) in [6.45, 7) is -0.164. The van der Waals surface area contributed by atoms with Crippen molar-refractivity contribution in [2.75, 3.05) is 18.7 Å². The molecule has 0 aliphatic carbocycles. The zero-order valence-corrected chi connectivity index (χ0v) is 17.0. The van der Waals surface area contributed by atoms with Crippen molar-refractivity contribution in [3.63, 3.8) is 0 Å². The standard InChI is InChI=1S/C9H14N3O7P.2Na/c10-6-1-2-12(9(14)11-6)8-7(13)5(3-18-8)19-4-20(15,16)17;;/h1-2,5,7-8,13H,3-4H2,(H2,10,11,14)(H2,15,16,17);;/q;2*+1/p-2/t5-,7+,8+;;/m0../s1. The number of hydrogen-bond donors (Lipinski definition) is 2. The fourth-order valence-electron chi connectivity index (χ4n) is 1.77. The van der Waals surface area contributed by atoms with Crippen molar-refractivity contribution in [1.82, 2.24) is 9.55 Å². The van der Waals surface area contributed by atoms with Crippen LogP contribution in [0.4, 0.5) is 5.82 Å². The molecule has 0 saturated carbocycles. The van der Waals surface area contributed by atoms with E-state index in [0.29, 0.717) is 0 Å². The Balaban J connectivity index is 0.00000220. The third-order valence-electron chi connectivity index (χ3n) is 2.68. The fraction of sp³-hybridized carbons (Fsp3) is 0.556. The molecule has 0 radical (unpaired) electrons. The fourth-order valence-corrected chi connectivity index (χ4v) is 2.15. The van der Waals surface area contributed by atoms with Crippen LogP contribution in [-0.2, 0) is 14.0 Å². The van der Waals surface area contributed by atoms with Crippen LogP contribution in [0.5, 0.6) is 0 Å². The van der Waals surface area contributed by atoms with E-state index in [2.05, 4.69) is 4.98 Å². The van der Waals surface area contributed by atoms with Crippen LogP contribution in [0.25, 0.3) is 0 Å². The first kappa shape index (κ1) is 22.7. The van der Waals surface area contributed by atoms with Crippen LogP contribution in [0.1, 0.15) is 6.23 Å². The summed E-state index contributed by atoms with van der Waals surface area (Å²) in [6, 6.07) is 1.34. The number of aliphatic hydroxyl groups is 1. The van der Waals surface area contributed by atoms with E-state index in [1.807, 2.05) is 0 Å². The Bertz CT molecular complexity index is 595. The van der Waals surface area contributed by atoms with Crippen LogP contribution in [0.3, 0.4) is 0 Å². The van der Waals surface area contributed by atoms with Crippen molar-refractivity contribution in [2.24, 2.45) is 0 Å². The molecular weight excluding hydrogens is 339 g/mol. The molecule has 0 amide bonds. The molecule has 1 aromatic heterocycles. The Morgan fingerprint density at radius 3 is 2.73 bits per heavy atom. The van der Waals surface area contributed by atoms with Crippen molar-refractivity contribution in [2.45, 2.75) is 18.4 Å². The van der Waals surface area contributed by atoms with E-state index in [-0.39, 0.29) is 71.5 Å². The summed E-state index contributed by atoms with van der Waals surface area (Å²) in [6.07, 6.45) is -3.20. The van der Waals surface area contributed by atoms with Gasteiger partial charge in [0.2, 0.25) is 0 Å². The average molecular weight is 351 g/mol. The molecule has 0 unspecified atom stereocenters. The molecule has 112 valence electrons. The number of aliphatic hydroxyl groups excluding tert-OH is 1. The molecule has 22 heavy (non-hydrogen) atoms. The number of anilines is 1. The first-order valence-electron chi connectivity index (χ1n) is 5.55. The van der Waals surface area contributed by atoms with Gasteiger partial charge in [-0.05, 0) is 13.7 Å². The molecule has 13 heteroatoms. The normalized spacial score (nSPS) is 24.4. The maximum Gasteiger partial charge on any atom is 1.00 e. The van der Waals surface area contributed by atoms with Crippen molar-refractivity contribution in [3.8, 4) is 0 Å². The van der Waals surface area contributed by atoms with E-state index in [1.54, 1.807) is 0 Å². The van der Waals surface area contributed by atoms with E-state index in [4.69, 9.17) is 15.2 Å². The predicted octanol–water partition coefficient (Wildman–Crippen LogP) is -9.02. The number of nitrogens with two attached hydrogens (primary N) is 1. The molecule has 0 aromatic carbocycles. The molecule has 0 spiro atoms. The monoisotopic (exact) mass is 351 g/mol. The SMILES string of the molecule is Nc1ccn([C@@H]2OC[C@H](OCP(=O)([O-])[O-])[C@H]2O)c(=O)n1.[Na+].[Na+]. The third-order valence-corrected chi connectivity index (χ3v) is 3.14. The maximum atomic E-state index is 11.6. The molecular formula is C9H12N3Na2O7P. The molecule has 3 atom stereocenters. The summed E-state index contributed by atoms with van der Waals surface area (Å²) in [5.41, 5.74) is 4.60. The summed E-state index contributed by atoms with van der Waals surface area (Å²) < 4.78 is 21.4. The van der Waals surface area contributed by atoms with Gasteiger partial charge in [-0.2, -0.15) is 4.98 Å². The van der Waals surface area contributed by atoms with Gasteiger partial charge < -0.3 is 34.7 Å². The van der Waals surface area contributed by atoms with E-state index in [1.165, 1.54) is 12.3 Å². The number of ether oxygens (including phenoxy) is 2. The molecule has 1 fully saturated rings. The van der Waals surface area contributed by atoms with Crippen LogP contribution in [-0.4, -0.2) is 39.8 Å². The van der Waals surface area contributed by atoms with Gasteiger partial charge in [0.05, 0.1) is 13.0 Å². The van der Waals surface area contributed by atoms with Crippen LogP contribution in [0, 0.1) is 0 Å². The van der Waals surface area contributed by atoms with Crippen LogP contribution in [0.15, 0.2) is 17.1 Å². The smallest absolute Gasteiger partial charge is 0.809 e. The van der Waals surface area contributed by atoms with Crippen LogP contribution in [0.2, 0.25) is 0 Å². The van der Waals surface area contributed by atoms with Crippen molar-refractivity contribution in [1.29, 1.82) is 0 Å². The Morgan fingerprint density at radius 1 is 1.55 bits per heavy atom. The van der Waals surface area contributed by atoms with Crippen molar-refractivity contribution >= 4 is 13.4 Å². The summed E-state index contributed by atoms with van der Waals surface area (Å²) in [5.74, 6) is 0.0187. The minimum Gasteiger partial charge on any atom is -0.809 e. The number of nitrogens with zero attached hydrogens (tertiary/aromatic N) is 2. The van der Waals surface area contributed by atoms with Gasteiger partial charge in [-0.25, -0.2) is 4.79 Å². The molecule has 2 rings (SSSR count). The summed E-state index contributed by atoms with van der Waals surface area (Å²) in [4.78, 5) is 36.0. The molecule has 2 heterocycles. The third kappa shape index (κ3) is 5.97. The largest absolute Gasteiger partial charge is 1.00 e. The van der Waals surface area contributed by atoms with Gasteiger partial charge in [-0.3, -0.25) is 4.57 Å². The van der Waals surface area contributed by atoms with Crippen LogP contribution < -0.4 is 80.3 Å². The van der Waals surface area contributed by atoms with Gasteiger partial charge in [0.15, 0.2) is 6.23 Å². The van der Waals surface area contributed by atoms with E-state index in [0.717, 1.165) is 4.57 Å². The van der Waals surface area contributed by atoms with Gasteiger partial charge in [-0.1, -0.05) is 0 Å². The number of nitrogen functional groups attached to an aromatic ring is 1. The molecule has 1 aliphatic heterocycles. The molecule has 1 aliphatic rings. The molecule has 1 saturated heterocycles. The molecule has 3 N–H and O–H groups in total. The molecule has 10 nitrogen and oxygen atoms in total. The maximum absolute atomic E-state index is 11.6. The minimum absolute atomic E-state index is 0. The summed E-state index contributed by atoms with van der Waals surface area (Å²) >= 11 is 0. The van der Waals surface area contributed by atoms with E-state index < -0.39 is 38.1 Å². The van der Waals surface area contributed by atoms with Gasteiger partial charge in [-0.15, -0.1) is 0 Å². The summed E-state index contributed by atoms with van der Waals surface area (Å²) in [5, 5.41) is 9.93. The average Bonchev–Trinajstić information content (AvgIpc) is 2.67. The second-order valence-corrected chi connectivity index (χ2v) is 5.68. The Kier molecular flexibility index (Phi) is 9.56. The molecule has 1 aromatic rings. The van der Waals surface area contributed by atoms with E-state index >= 15 is 0 Å². The topological polar surface area (TPSA) is 163 Å². The first-order chi connectivity index (χ1) is 9.28. The summed E-state index contributed by atoms with van der Waals surface area (Å²) in [7, 11) is -4.84. The number of aromatic nitrogens is 2. The van der Waals surface area contributed by atoms with E-state index in [9.17, 15) is 24.3 Å². The van der Waals surface area contributed by atoms with Crippen molar-refractivity contribution in [3.05, 3.63) is 22.7 Å². The Labute approximate surface area is 169 Å². The Hall–Kier alpha value is 0.710. The van der Waals surface area contributed by atoms with Crippen molar-refractivity contribution < 1.29 is 88.0 Å². The number of rotatable bonds is 4. The Morgan fingerprint density at radius 2 is 2.18 bits per heavy atom. The first-order valence-corrected chi connectivity index (χ1v) is 7.28. The quantitative estimate of drug-likeness (QED) is 0.396. The molecule has 0 bridgehead atoms. The number of hydrogen-bond acceptors (Lipinski definition) is 9. The van der Waals surface area contributed by atoms with Crippen LogP contribution >= 0.6 is 7.60 Å². The van der Waals surface area contributed by atoms with Gasteiger partial charge in [0, 0.05) is 6.20 Å². The predicted molar refractivity (Wildman–Crippen MR) is 61.3 cm³/mol. The minimum atomic E-state index is -4.84. The second-order valence-electron chi connectivity index (χ2n) is 4.20. The van der Waals surface area contributed by atoms with Gasteiger partial charge in [0.25, 0.3) is 0 Å². The second kappa shape index (κ2) is 9.26. The van der Waals surface area contributed by atoms with Gasteiger partial charge in [0.1, 0.15) is 18.0 Å². The zero-order chi connectivity index (χ0) is 14.9.